The molecular formula is C66H99N15O3. The Labute approximate surface area is 503 Å². The molecule has 9 N–H and O–H groups in total. The third kappa shape index (κ3) is 18.3. The summed E-state index contributed by atoms with van der Waals surface area (Å²) in [5.74, 6) is 4.60. The highest BCUT2D eigenvalue weighted by molar-refractivity contribution is 6.11. The van der Waals surface area contributed by atoms with Crippen molar-refractivity contribution in [3.8, 4) is 0 Å². The van der Waals surface area contributed by atoms with Crippen molar-refractivity contribution >= 4 is 52.3 Å². The molecule has 456 valence electrons. The Morgan fingerprint density at radius 3 is 0.929 bits per heavy atom. The summed E-state index contributed by atoms with van der Waals surface area (Å²) in [5, 5.41) is 11.4. The van der Waals surface area contributed by atoms with Crippen LogP contribution in [0.5, 0.6) is 0 Å². The molecule has 0 bridgehead atoms. The van der Waals surface area contributed by atoms with Crippen LogP contribution in [0.2, 0.25) is 0 Å². The van der Waals surface area contributed by atoms with Gasteiger partial charge in [-0.05, 0) is 129 Å². The van der Waals surface area contributed by atoms with Gasteiger partial charge in [0, 0.05) is 98.4 Å². The number of aromatic nitrogens is 6. The van der Waals surface area contributed by atoms with E-state index in [1.165, 1.54) is 0 Å². The third-order valence-electron chi connectivity index (χ3n) is 15.4. The van der Waals surface area contributed by atoms with E-state index in [0.29, 0.717) is 87.8 Å². The smallest absolute Gasteiger partial charge is 0.215 e. The van der Waals surface area contributed by atoms with Gasteiger partial charge in [0.15, 0.2) is 0 Å². The summed E-state index contributed by atoms with van der Waals surface area (Å²) >= 11 is 0. The maximum absolute atomic E-state index is 12.9. The van der Waals surface area contributed by atoms with Crippen LogP contribution in [0.15, 0.2) is 110 Å². The van der Waals surface area contributed by atoms with E-state index in [1.54, 1.807) is 73.2 Å². The van der Waals surface area contributed by atoms with Crippen LogP contribution in [-0.2, 0) is 0 Å². The summed E-state index contributed by atoms with van der Waals surface area (Å²) in [6.45, 7) is 25.6. The van der Waals surface area contributed by atoms with Crippen LogP contribution < -0.4 is 47.9 Å². The van der Waals surface area contributed by atoms with Crippen LogP contribution in [0.25, 0.3) is 0 Å². The Bertz CT molecular complexity index is 2760. The minimum atomic E-state index is -0.188. The SMILES string of the molecule is CCC[C@@H]1CN(c2cccc(C(=O)c3cccnc3N)n2)C[C@H](CC(C)C)N1.CCC[C@H]1CN(c2cccc(C(=O)c3cccnc3N)n2)C[C@H](CC(C)C)N1.CCC[C@H]1CN(c2cccc(C(=O)c3cccnc3N)n2)C[C@H](CC(C)C)N1.[HH].[HH].[HH]. The predicted molar refractivity (Wildman–Crippen MR) is 347 cm³/mol. The fourth-order valence-corrected chi connectivity index (χ4v) is 11.8. The number of nitrogens with zero attached hydrogens (tertiary/aromatic N) is 9. The van der Waals surface area contributed by atoms with Crippen molar-refractivity contribution in [1.82, 2.24) is 45.9 Å². The van der Waals surface area contributed by atoms with E-state index in [-0.39, 0.29) is 39.1 Å². The number of piperazine rings is 3. The van der Waals surface area contributed by atoms with Gasteiger partial charge >= 0.3 is 0 Å². The van der Waals surface area contributed by atoms with Crippen molar-refractivity contribution < 1.29 is 18.7 Å². The maximum atomic E-state index is 12.9. The van der Waals surface area contributed by atoms with E-state index in [9.17, 15) is 14.4 Å². The molecule has 0 aromatic carbocycles. The number of hydrogen-bond acceptors (Lipinski definition) is 18. The third-order valence-corrected chi connectivity index (χ3v) is 15.4. The zero-order valence-electron chi connectivity index (χ0n) is 51.2. The van der Waals surface area contributed by atoms with Gasteiger partial charge in [0.05, 0.1) is 16.7 Å². The highest BCUT2D eigenvalue weighted by Crippen LogP contribution is 2.26. The van der Waals surface area contributed by atoms with E-state index >= 15 is 0 Å². The van der Waals surface area contributed by atoms with Gasteiger partial charge in [-0.3, -0.25) is 14.4 Å². The number of nitrogen functional groups attached to an aromatic ring is 3. The number of anilines is 6. The van der Waals surface area contributed by atoms with Gasteiger partial charge in [0.1, 0.15) is 52.0 Å². The molecule has 0 unspecified atom stereocenters. The number of nitrogens with one attached hydrogen (secondary N) is 3. The molecule has 6 aromatic rings. The molecule has 0 amide bonds. The molecule has 9 rings (SSSR count). The fraction of sp³-hybridized carbons (Fsp3) is 0.500. The molecular weight excluding hydrogens is 1050 g/mol. The first-order valence-corrected chi connectivity index (χ1v) is 30.6. The van der Waals surface area contributed by atoms with Crippen molar-refractivity contribution in [1.29, 1.82) is 0 Å². The standard InChI is InChI=1S/3C22H31N5O.3H2/c3*1-4-7-16-13-27(14-17(25-16)12-15(2)3)20-10-5-9-19(26-20)21(28)18-8-6-11-24-22(18)23;;;/h3*5-6,8-11,15-17,25H,4,7,12-14H2,1-3H3,(H2,23,24);3*1H/t16-,17+;2*16-,17-;;;/m100.../s1. The molecule has 84 heavy (non-hydrogen) atoms. The molecule has 18 nitrogen and oxygen atoms in total. The Balaban J connectivity index is 0.000000275. The lowest BCUT2D eigenvalue weighted by atomic mass is 9.98. The maximum Gasteiger partial charge on any atom is 0.215 e. The molecule has 0 spiro atoms. The van der Waals surface area contributed by atoms with Crippen molar-refractivity contribution in [2.24, 2.45) is 17.8 Å². The van der Waals surface area contributed by atoms with Crippen LogP contribution in [0.4, 0.5) is 34.9 Å². The van der Waals surface area contributed by atoms with Gasteiger partial charge in [0.25, 0.3) is 0 Å². The highest BCUT2D eigenvalue weighted by atomic mass is 16.1. The average molecular weight is 1150 g/mol. The number of rotatable bonds is 21. The summed E-state index contributed by atoms with van der Waals surface area (Å²) in [6.07, 6.45) is 15.0. The first kappa shape index (κ1) is 64.2. The monoisotopic (exact) mass is 1150 g/mol. The summed E-state index contributed by atoms with van der Waals surface area (Å²) in [5.41, 5.74) is 20.0. The van der Waals surface area contributed by atoms with E-state index in [0.717, 1.165) is 115 Å². The fourth-order valence-electron chi connectivity index (χ4n) is 11.8. The molecule has 6 atom stereocenters. The highest BCUT2D eigenvalue weighted by Gasteiger charge is 2.31. The molecule has 3 saturated heterocycles. The Morgan fingerprint density at radius 2 is 0.690 bits per heavy atom. The number of carbonyl (C=O) groups is 3. The average Bonchev–Trinajstić information content (AvgIpc) is 2.72. The van der Waals surface area contributed by atoms with E-state index < -0.39 is 0 Å². The van der Waals surface area contributed by atoms with Gasteiger partial charge in [-0.25, -0.2) is 29.9 Å². The quantitative estimate of drug-likeness (QED) is 0.0366. The van der Waals surface area contributed by atoms with Crippen LogP contribution >= 0.6 is 0 Å². The minimum Gasteiger partial charge on any atom is -0.383 e. The van der Waals surface area contributed by atoms with Gasteiger partial charge in [0.2, 0.25) is 17.3 Å². The molecule has 6 aromatic heterocycles. The van der Waals surface area contributed by atoms with Gasteiger partial charge < -0.3 is 47.9 Å². The summed E-state index contributed by atoms with van der Waals surface area (Å²) in [4.78, 5) is 71.6. The second-order valence-electron chi connectivity index (χ2n) is 24.1. The summed E-state index contributed by atoms with van der Waals surface area (Å²) < 4.78 is 0. The van der Waals surface area contributed by atoms with Crippen molar-refractivity contribution in [2.75, 3.05) is 71.2 Å². The first-order valence-electron chi connectivity index (χ1n) is 30.6. The van der Waals surface area contributed by atoms with Crippen LogP contribution in [0.1, 0.15) is 173 Å². The molecule has 3 fully saturated rings. The molecule has 0 aliphatic carbocycles. The molecule has 0 radical (unpaired) electrons. The zero-order chi connectivity index (χ0) is 60.3. The molecule has 3 aliphatic heterocycles. The van der Waals surface area contributed by atoms with Gasteiger partial charge in [-0.2, -0.15) is 0 Å². The largest absolute Gasteiger partial charge is 0.383 e. The number of pyridine rings is 6. The Hall–Kier alpha value is -7.41. The molecule has 0 saturated carbocycles. The number of nitrogens with two attached hydrogens (primary N) is 3. The summed E-state index contributed by atoms with van der Waals surface area (Å²) in [7, 11) is 0. The van der Waals surface area contributed by atoms with E-state index in [4.69, 9.17) is 17.2 Å². The Morgan fingerprint density at radius 1 is 0.429 bits per heavy atom. The molecule has 3 aliphatic rings. The number of carbonyl (C=O) groups excluding carboxylic acids is 3. The second kappa shape index (κ2) is 31.5. The van der Waals surface area contributed by atoms with Crippen LogP contribution in [0.3, 0.4) is 0 Å². The van der Waals surface area contributed by atoms with Gasteiger partial charge in [-0.1, -0.05) is 99.8 Å². The Kier molecular flexibility index (Phi) is 24.0. The van der Waals surface area contributed by atoms with E-state index in [1.807, 2.05) is 36.4 Å². The van der Waals surface area contributed by atoms with Gasteiger partial charge in [-0.15, -0.1) is 0 Å². The van der Waals surface area contributed by atoms with Crippen molar-refractivity contribution in [3.05, 3.63) is 143 Å². The first-order chi connectivity index (χ1) is 40.4. The molecule has 9 heterocycles. The predicted octanol–water partition coefficient (Wildman–Crippen LogP) is 10.6. The van der Waals surface area contributed by atoms with E-state index in [2.05, 4.69) is 123 Å². The number of ketones is 3. The van der Waals surface area contributed by atoms with Crippen molar-refractivity contribution in [3.63, 3.8) is 0 Å². The zero-order valence-corrected chi connectivity index (χ0v) is 51.2. The van der Waals surface area contributed by atoms with Crippen LogP contribution in [0, 0.1) is 17.8 Å². The lowest BCUT2D eigenvalue weighted by Gasteiger charge is -2.40. The topological polar surface area (TPSA) is 252 Å². The normalized spacial score (nSPS) is 19.8. The van der Waals surface area contributed by atoms with Crippen LogP contribution in [-0.4, -0.2) is 123 Å². The second-order valence-corrected chi connectivity index (χ2v) is 24.1. The summed E-state index contributed by atoms with van der Waals surface area (Å²) in [6, 6.07) is 29.8. The van der Waals surface area contributed by atoms with Crippen molar-refractivity contribution in [2.45, 2.75) is 156 Å². The lowest BCUT2D eigenvalue weighted by molar-refractivity contribution is 0.102. The molecule has 18 heteroatoms. The lowest BCUT2D eigenvalue weighted by Crippen LogP contribution is -2.57. The minimum absolute atomic E-state index is 0. The number of hydrogen-bond donors (Lipinski definition) is 6.